The van der Waals surface area contributed by atoms with E-state index in [1.165, 1.54) is 17.0 Å². The molecule has 3 rings (SSSR count). The number of allylic oxidation sites excluding steroid dienone is 3. The minimum absolute atomic E-state index is 0.127. The van der Waals surface area contributed by atoms with E-state index in [9.17, 15) is 24.3 Å². The highest BCUT2D eigenvalue weighted by Gasteiger charge is 2.22. The van der Waals surface area contributed by atoms with Crippen LogP contribution in [0.15, 0.2) is 97.6 Å². The van der Waals surface area contributed by atoms with E-state index in [4.69, 9.17) is 11.6 Å². The Bertz CT molecular complexity index is 1580. The quantitative estimate of drug-likeness (QED) is 0.124. The van der Waals surface area contributed by atoms with Gasteiger partial charge in [0.25, 0.3) is 5.91 Å². The Hall–Kier alpha value is -5.15. The van der Waals surface area contributed by atoms with Gasteiger partial charge in [-0.25, -0.2) is 0 Å². The number of para-hydroxylation sites is 1. The van der Waals surface area contributed by atoms with Gasteiger partial charge in [0.15, 0.2) is 0 Å². The topological polar surface area (TPSA) is 119 Å². The van der Waals surface area contributed by atoms with Crippen LogP contribution in [0.1, 0.15) is 27.9 Å². The fourth-order valence-electron chi connectivity index (χ4n) is 4.33. The van der Waals surface area contributed by atoms with Crippen molar-refractivity contribution in [2.75, 3.05) is 35.3 Å². The van der Waals surface area contributed by atoms with Crippen molar-refractivity contribution < 1.29 is 24.3 Å². The lowest BCUT2D eigenvalue weighted by atomic mass is 10.1. The third-order valence-electron chi connectivity index (χ3n) is 6.76. The van der Waals surface area contributed by atoms with Crippen LogP contribution in [-0.4, -0.2) is 49.4 Å². The number of aryl methyl sites for hydroxylation is 1. The summed E-state index contributed by atoms with van der Waals surface area (Å²) in [7, 11) is 1.60. The van der Waals surface area contributed by atoms with Crippen LogP contribution in [0, 0.1) is 6.92 Å². The first kappa shape index (κ1) is 33.4. The number of phenolic OH excluding ortho intramolecular Hbond substituents is 1. The average molecular weight is 615 g/mol. The third kappa shape index (κ3) is 8.92. The van der Waals surface area contributed by atoms with E-state index in [0.717, 1.165) is 16.0 Å². The molecule has 3 aromatic rings. The molecule has 3 aromatic carbocycles. The zero-order chi connectivity index (χ0) is 32.2. The molecule has 0 fully saturated rings. The Morgan fingerprint density at radius 2 is 1.73 bits per heavy atom. The summed E-state index contributed by atoms with van der Waals surface area (Å²) in [6.07, 6.45) is 6.54. The number of hydrogen-bond acceptors (Lipinski definition) is 5. The number of nitrogens with one attached hydrogen (secondary N) is 2. The van der Waals surface area contributed by atoms with E-state index in [1.807, 2.05) is 6.08 Å². The van der Waals surface area contributed by atoms with Gasteiger partial charge < -0.3 is 25.5 Å². The SMILES string of the molecule is C=C/C=C(\C=C)CCNC(=O)Cc1ccc(N(C)C(=O)c2ccccc2N(C=O)CC(=O)Nc2cc(C)c(Cl)cc2O)cc1. The standard InChI is InChI=1S/C34H35ClN4O5/c1-5-9-24(6-2)16-17-36-32(42)19-25-12-14-26(15-13-25)38(4)34(44)27-10-7-8-11-30(27)39(22-40)21-33(43)37-29-18-23(3)28(35)20-31(29)41/h5-15,18,20,22,41H,1-2,16-17,19,21H2,3-4H3,(H,36,42)(H,37,43)/b24-9+. The van der Waals surface area contributed by atoms with E-state index in [2.05, 4.69) is 23.8 Å². The molecule has 0 radical (unpaired) electrons. The molecular formula is C34H35ClN4O5. The van der Waals surface area contributed by atoms with Gasteiger partial charge in [-0.2, -0.15) is 0 Å². The van der Waals surface area contributed by atoms with Crippen LogP contribution in [0.25, 0.3) is 0 Å². The Morgan fingerprint density at radius 1 is 1.02 bits per heavy atom. The van der Waals surface area contributed by atoms with Crippen molar-refractivity contribution in [2.45, 2.75) is 19.8 Å². The molecule has 0 aliphatic rings. The Morgan fingerprint density at radius 3 is 2.39 bits per heavy atom. The summed E-state index contributed by atoms with van der Waals surface area (Å²) in [5.74, 6) is -1.33. The zero-order valence-electron chi connectivity index (χ0n) is 24.7. The molecule has 0 heterocycles. The summed E-state index contributed by atoms with van der Waals surface area (Å²) < 4.78 is 0. The molecule has 44 heavy (non-hydrogen) atoms. The third-order valence-corrected chi connectivity index (χ3v) is 7.17. The van der Waals surface area contributed by atoms with Crippen LogP contribution in [0.3, 0.4) is 0 Å². The molecule has 0 spiro atoms. The maximum absolute atomic E-state index is 13.5. The van der Waals surface area contributed by atoms with E-state index in [1.54, 1.807) is 74.7 Å². The van der Waals surface area contributed by atoms with Crippen LogP contribution >= 0.6 is 11.6 Å². The first-order valence-corrected chi connectivity index (χ1v) is 14.1. The first-order chi connectivity index (χ1) is 21.1. The summed E-state index contributed by atoms with van der Waals surface area (Å²) in [4.78, 5) is 53.3. The lowest BCUT2D eigenvalue weighted by molar-refractivity contribution is -0.120. The number of carbonyl (C=O) groups is 4. The summed E-state index contributed by atoms with van der Waals surface area (Å²) in [5, 5.41) is 15.9. The van der Waals surface area contributed by atoms with Crippen molar-refractivity contribution in [3.8, 4) is 5.75 Å². The molecule has 0 saturated heterocycles. The van der Waals surface area contributed by atoms with Crippen molar-refractivity contribution in [1.29, 1.82) is 0 Å². The number of phenols is 1. The molecule has 0 atom stereocenters. The minimum Gasteiger partial charge on any atom is -0.506 e. The summed E-state index contributed by atoms with van der Waals surface area (Å²) in [5.41, 5.74) is 3.57. The number of aromatic hydroxyl groups is 1. The summed E-state index contributed by atoms with van der Waals surface area (Å²) in [6.45, 7) is 9.20. The molecule has 0 unspecified atom stereocenters. The van der Waals surface area contributed by atoms with Crippen molar-refractivity contribution in [3.05, 3.63) is 119 Å². The highest BCUT2D eigenvalue weighted by Crippen LogP contribution is 2.30. The molecule has 10 heteroatoms. The molecule has 0 aliphatic carbocycles. The molecule has 9 nitrogen and oxygen atoms in total. The monoisotopic (exact) mass is 614 g/mol. The maximum Gasteiger partial charge on any atom is 0.260 e. The van der Waals surface area contributed by atoms with Crippen LogP contribution in [-0.2, 0) is 20.8 Å². The number of carbonyl (C=O) groups excluding carboxylic acids is 4. The highest BCUT2D eigenvalue weighted by atomic mass is 35.5. The molecule has 3 N–H and O–H groups in total. The predicted molar refractivity (Wildman–Crippen MR) is 175 cm³/mol. The molecule has 0 aliphatic heterocycles. The van der Waals surface area contributed by atoms with E-state index in [-0.39, 0.29) is 35.0 Å². The van der Waals surface area contributed by atoms with E-state index < -0.39 is 18.4 Å². The number of amides is 4. The number of rotatable bonds is 14. The molecule has 0 aromatic heterocycles. The van der Waals surface area contributed by atoms with Gasteiger partial charge in [0.05, 0.1) is 23.4 Å². The molecule has 4 amide bonds. The van der Waals surface area contributed by atoms with Gasteiger partial charge >= 0.3 is 0 Å². The Labute approximate surface area is 262 Å². The van der Waals surface area contributed by atoms with Gasteiger partial charge in [-0.05, 0) is 60.4 Å². The van der Waals surface area contributed by atoms with E-state index in [0.29, 0.717) is 35.6 Å². The number of hydrogen-bond donors (Lipinski definition) is 3. The Kier molecular flexibility index (Phi) is 12.1. The lowest BCUT2D eigenvalue weighted by Crippen LogP contribution is -2.35. The van der Waals surface area contributed by atoms with Gasteiger partial charge in [-0.3, -0.25) is 19.2 Å². The molecule has 0 saturated carbocycles. The van der Waals surface area contributed by atoms with Crippen molar-refractivity contribution in [1.82, 2.24) is 5.32 Å². The number of anilines is 3. The van der Waals surface area contributed by atoms with Crippen LogP contribution in [0.5, 0.6) is 5.75 Å². The number of halogens is 1. The minimum atomic E-state index is -0.585. The highest BCUT2D eigenvalue weighted by molar-refractivity contribution is 6.31. The van der Waals surface area contributed by atoms with Gasteiger partial charge in [0.1, 0.15) is 12.3 Å². The van der Waals surface area contributed by atoms with Crippen LogP contribution in [0.4, 0.5) is 17.1 Å². The van der Waals surface area contributed by atoms with Crippen LogP contribution < -0.4 is 20.4 Å². The van der Waals surface area contributed by atoms with Gasteiger partial charge in [-0.1, -0.05) is 67.3 Å². The largest absolute Gasteiger partial charge is 0.506 e. The first-order valence-electron chi connectivity index (χ1n) is 13.8. The predicted octanol–water partition coefficient (Wildman–Crippen LogP) is 5.58. The van der Waals surface area contributed by atoms with E-state index >= 15 is 0 Å². The number of nitrogens with zero attached hydrogens (tertiary/aromatic N) is 2. The Balaban J connectivity index is 1.67. The zero-order valence-corrected chi connectivity index (χ0v) is 25.4. The number of benzene rings is 3. The molecular weight excluding hydrogens is 580 g/mol. The fourth-order valence-corrected chi connectivity index (χ4v) is 4.49. The molecule has 228 valence electrons. The second-order valence-corrected chi connectivity index (χ2v) is 10.3. The fraction of sp³-hybridized carbons (Fsp3) is 0.176. The van der Waals surface area contributed by atoms with Crippen LogP contribution in [0.2, 0.25) is 5.02 Å². The molecule has 0 bridgehead atoms. The summed E-state index contributed by atoms with van der Waals surface area (Å²) >= 11 is 6.01. The normalized spacial score (nSPS) is 10.8. The van der Waals surface area contributed by atoms with Crippen molar-refractivity contribution >= 4 is 52.8 Å². The maximum atomic E-state index is 13.5. The smallest absolute Gasteiger partial charge is 0.260 e. The van der Waals surface area contributed by atoms with Gasteiger partial charge in [-0.15, -0.1) is 0 Å². The lowest BCUT2D eigenvalue weighted by Gasteiger charge is -2.23. The average Bonchev–Trinajstić information content (AvgIpc) is 3.01. The van der Waals surface area contributed by atoms with Gasteiger partial charge in [0.2, 0.25) is 18.2 Å². The summed E-state index contributed by atoms with van der Waals surface area (Å²) in [6, 6.07) is 16.3. The second-order valence-electron chi connectivity index (χ2n) is 9.91. The van der Waals surface area contributed by atoms with Crippen molar-refractivity contribution in [3.63, 3.8) is 0 Å². The second kappa shape index (κ2) is 15.9. The van der Waals surface area contributed by atoms with Gasteiger partial charge in [0, 0.05) is 30.4 Å². The van der Waals surface area contributed by atoms with Crippen molar-refractivity contribution in [2.24, 2.45) is 0 Å².